The molecule has 8 heteroatoms. The molecule has 0 unspecified atom stereocenters. The van der Waals surface area contributed by atoms with E-state index in [1.165, 1.54) is 11.3 Å². The molecule has 0 N–H and O–H groups in total. The summed E-state index contributed by atoms with van der Waals surface area (Å²) in [7, 11) is 0. The highest BCUT2D eigenvalue weighted by atomic mass is 32.1. The molecule has 2 aromatic rings. The topological polar surface area (TPSA) is 81.4 Å². The largest absolute Gasteiger partial charge is 0.423 e. The summed E-state index contributed by atoms with van der Waals surface area (Å²) in [5.74, 6) is 0.851. The third-order valence-electron chi connectivity index (χ3n) is 3.44. The van der Waals surface area contributed by atoms with Gasteiger partial charge in [-0.05, 0) is 12.8 Å². The molecule has 1 fully saturated rings. The van der Waals surface area contributed by atoms with Gasteiger partial charge in [0.25, 0.3) is 5.91 Å². The minimum Gasteiger partial charge on any atom is -0.423 e. The molecule has 0 saturated carbocycles. The highest BCUT2D eigenvalue weighted by molar-refractivity contribution is 7.13. The first-order valence-corrected chi connectivity index (χ1v) is 8.14. The van der Waals surface area contributed by atoms with E-state index in [1.54, 1.807) is 18.0 Å². The van der Waals surface area contributed by atoms with Crippen LogP contribution >= 0.6 is 11.3 Å². The third kappa shape index (κ3) is 3.02. The number of aromatic nitrogens is 3. The number of amides is 1. The summed E-state index contributed by atoms with van der Waals surface area (Å²) < 4.78 is 10.9. The lowest BCUT2D eigenvalue weighted by Gasteiger charge is -2.32. The van der Waals surface area contributed by atoms with E-state index >= 15 is 0 Å². The highest BCUT2D eigenvalue weighted by Crippen LogP contribution is 2.27. The molecular weight excluding hydrogens is 304 g/mol. The van der Waals surface area contributed by atoms with Crippen LogP contribution in [0.25, 0.3) is 0 Å². The van der Waals surface area contributed by atoms with Crippen molar-refractivity contribution in [3.63, 3.8) is 0 Å². The molecule has 0 bridgehead atoms. The van der Waals surface area contributed by atoms with E-state index in [1.807, 2.05) is 0 Å². The Kier molecular flexibility index (Phi) is 4.49. The van der Waals surface area contributed by atoms with Crippen LogP contribution in [0.15, 0.2) is 10.6 Å². The lowest BCUT2D eigenvalue weighted by molar-refractivity contribution is -0.0104. The zero-order valence-electron chi connectivity index (χ0n) is 12.6. The highest BCUT2D eigenvalue weighted by Gasteiger charge is 2.33. The second-order valence-corrected chi connectivity index (χ2v) is 6.23. The molecule has 1 amide bonds. The van der Waals surface area contributed by atoms with Gasteiger partial charge < -0.3 is 14.1 Å². The average molecular weight is 322 g/mol. The van der Waals surface area contributed by atoms with E-state index in [2.05, 4.69) is 22.1 Å². The minimum absolute atomic E-state index is 0.0518. The summed E-state index contributed by atoms with van der Waals surface area (Å²) in [5, 5.41) is 8.85. The fourth-order valence-electron chi connectivity index (χ4n) is 2.38. The maximum absolute atomic E-state index is 12.8. The van der Waals surface area contributed by atoms with Gasteiger partial charge in [-0.1, -0.05) is 6.92 Å². The Morgan fingerprint density at radius 1 is 1.50 bits per heavy atom. The first-order chi connectivity index (χ1) is 10.7. The van der Waals surface area contributed by atoms with Crippen LogP contribution in [-0.2, 0) is 11.2 Å². The number of carbonyl (C=O) groups is 1. The van der Waals surface area contributed by atoms with Gasteiger partial charge in [0.05, 0.1) is 24.4 Å². The SMILES string of the molecule is CCCc1ncc(C(=O)N2CCOC[C@@H]2c2nnc(C)o2)s1. The second kappa shape index (κ2) is 6.53. The van der Waals surface area contributed by atoms with Crippen molar-refractivity contribution in [3.8, 4) is 0 Å². The molecule has 1 aliphatic heterocycles. The molecule has 0 aromatic carbocycles. The first-order valence-electron chi connectivity index (χ1n) is 7.32. The Morgan fingerprint density at radius 2 is 2.36 bits per heavy atom. The number of rotatable bonds is 4. The molecule has 2 aromatic heterocycles. The molecule has 7 nitrogen and oxygen atoms in total. The fraction of sp³-hybridized carbons (Fsp3) is 0.571. The summed E-state index contributed by atoms with van der Waals surface area (Å²) in [5.41, 5.74) is 0. The number of nitrogens with zero attached hydrogens (tertiary/aromatic N) is 4. The number of hydrogen-bond donors (Lipinski definition) is 0. The molecule has 0 radical (unpaired) electrons. The van der Waals surface area contributed by atoms with Crippen molar-refractivity contribution >= 4 is 17.2 Å². The predicted molar refractivity (Wildman–Crippen MR) is 79.7 cm³/mol. The molecule has 118 valence electrons. The number of ether oxygens (including phenoxy) is 1. The van der Waals surface area contributed by atoms with Gasteiger partial charge in [-0.25, -0.2) is 4.98 Å². The van der Waals surface area contributed by atoms with Crippen molar-refractivity contribution in [1.29, 1.82) is 0 Å². The fourth-order valence-corrected chi connectivity index (χ4v) is 3.35. The molecule has 1 atom stereocenters. The van der Waals surface area contributed by atoms with Gasteiger partial charge in [-0.15, -0.1) is 21.5 Å². The normalized spacial score (nSPS) is 18.6. The quantitative estimate of drug-likeness (QED) is 0.856. The van der Waals surface area contributed by atoms with Crippen LogP contribution in [0.4, 0.5) is 0 Å². The molecule has 1 saturated heterocycles. The van der Waals surface area contributed by atoms with Crippen LogP contribution < -0.4 is 0 Å². The zero-order valence-corrected chi connectivity index (χ0v) is 13.4. The van der Waals surface area contributed by atoms with Crippen LogP contribution in [-0.4, -0.2) is 45.7 Å². The Morgan fingerprint density at radius 3 is 3.09 bits per heavy atom. The van der Waals surface area contributed by atoms with E-state index in [9.17, 15) is 4.79 Å². The standard InChI is InChI=1S/C14H18N4O3S/c1-3-4-12-15-7-11(22-12)14(19)18-5-6-20-8-10(18)13-17-16-9(2)21-13/h7,10H,3-6,8H2,1-2H3/t10-/m1/s1. The zero-order chi connectivity index (χ0) is 15.5. The van der Waals surface area contributed by atoms with Crippen molar-refractivity contribution < 1.29 is 13.9 Å². The maximum Gasteiger partial charge on any atom is 0.266 e. The smallest absolute Gasteiger partial charge is 0.266 e. The summed E-state index contributed by atoms with van der Waals surface area (Å²) in [6.45, 7) is 5.21. The minimum atomic E-state index is -0.334. The molecule has 0 aliphatic carbocycles. The van der Waals surface area contributed by atoms with Crippen LogP contribution in [0.3, 0.4) is 0 Å². The van der Waals surface area contributed by atoms with Crippen molar-refractivity contribution in [2.45, 2.75) is 32.7 Å². The molecule has 0 spiro atoms. The Balaban J connectivity index is 1.81. The first kappa shape index (κ1) is 15.1. The van der Waals surface area contributed by atoms with Crippen LogP contribution in [0.1, 0.15) is 45.8 Å². The van der Waals surface area contributed by atoms with Gasteiger partial charge in [-0.2, -0.15) is 0 Å². The summed E-state index contributed by atoms with van der Waals surface area (Å²) in [6, 6.07) is -0.334. The number of morpholine rings is 1. The van der Waals surface area contributed by atoms with Crippen LogP contribution in [0.2, 0.25) is 0 Å². The number of thiazole rings is 1. The van der Waals surface area contributed by atoms with Crippen molar-refractivity contribution in [3.05, 3.63) is 27.9 Å². The monoisotopic (exact) mass is 322 g/mol. The number of carbonyl (C=O) groups excluding carboxylic acids is 1. The summed E-state index contributed by atoms with van der Waals surface area (Å²) in [4.78, 5) is 19.5. The average Bonchev–Trinajstić information content (AvgIpc) is 3.16. The van der Waals surface area contributed by atoms with Crippen LogP contribution in [0.5, 0.6) is 0 Å². The van der Waals surface area contributed by atoms with Crippen molar-refractivity contribution in [2.75, 3.05) is 19.8 Å². The van der Waals surface area contributed by atoms with Gasteiger partial charge in [0.1, 0.15) is 10.9 Å². The molecule has 1 aliphatic rings. The van der Waals surface area contributed by atoms with E-state index in [0.29, 0.717) is 36.4 Å². The van der Waals surface area contributed by atoms with E-state index in [-0.39, 0.29) is 11.9 Å². The third-order valence-corrected chi connectivity index (χ3v) is 4.49. The lowest BCUT2D eigenvalue weighted by Crippen LogP contribution is -2.43. The molecule has 22 heavy (non-hydrogen) atoms. The van der Waals surface area contributed by atoms with Gasteiger partial charge in [0.15, 0.2) is 0 Å². The lowest BCUT2D eigenvalue weighted by atomic mass is 10.2. The molecular formula is C14H18N4O3S. The van der Waals surface area contributed by atoms with Crippen LogP contribution in [0, 0.1) is 6.92 Å². The van der Waals surface area contributed by atoms with E-state index in [0.717, 1.165) is 17.8 Å². The van der Waals surface area contributed by atoms with Crippen molar-refractivity contribution in [1.82, 2.24) is 20.1 Å². The van der Waals surface area contributed by atoms with Gasteiger partial charge >= 0.3 is 0 Å². The molecule has 3 heterocycles. The predicted octanol–water partition coefficient (Wildman–Crippen LogP) is 2.00. The second-order valence-electron chi connectivity index (χ2n) is 5.12. The maximum atomic E-state index is 12.8. The van der Waals surface area contributed by atoms with Crippen molar-refractivity contribution in [2.24, 2.45) is 0 Å². The number of hydrogen-bond acceptors (Lipinski definition) is 7. The number of aryl methyl sites for hydroxylation is 2. The Hall–Kier alpha value is -1.80. The van der Waals surface area contributed by atoms with Gasteiger partial charge in [-0.3, -0.25) is 4.79 Å². The Labute approximate surface area is 132 Å². The van der Waals surface area contributed by atoms with E-state index in [4.69, 9.17) is 9.15 Å². The summed E-state index contributed by atoms with van der Waals surface area (Å²) in [6.07, 6.45) is 3.57. The van der Waals surface area contributed by atoms with Gasteiger partial charge in [0, 0.05) is 13.5 Å². The Bertz CT molecular complexity index is 654. The van der Waals surface area contributed by atoms with E-state index < -0.39 is 0 Å². The summed E-state index contributed by atoms with van der Waals surface area (Å²) >= 11 is 1.45. The van der Waals surface area contributed by atoms with Gasteiger partial charge in [0.2, 0.25) is 11.8 Å². The molecule has 3 rings (SSSR count).